The van der Waals surface area contributed by atoms with Crippen LogP contribution in [-0.2, 0) is 27.2 Å². The van der Waals surface area contributed by atoms with Gasteiger partial charge in [-0.05, 0) is 55.4 Å². The smallest absolute Gasteiger partial charge is 0.305 e. The first-order valence-corrected chi connectivity index (χ1v) is 11.4. The summed E-state index contributed by atoms with van der Waals surface area (Å²) >= 11 is 0. The number of carboxylic acid groups (broad SMARTS) is 1. The summed E-state index contributed by atoms with van der Waals surface area (Å²) in [5, 5.41) is 15.3. The van der Waals surface area contributed by atoms with E-state index >= 15 is 0 Å². The van der Waals surface area contributed by atoms with Gasteiger partial charge in [-0.25, -0.2) is 4.98 Å². The largest absolute Gasteiger partial charge is 0.481 e. The molecule has 3 N–H and O–H groups in total. The first-order chi connectivity index (χ1) is 16.0. The molecule has 2 aliphatic heterocycles. The van der Waals surface area contributed by atoms with Gasteiger partial charge in [0.05, 0.1) is 19.0 Å². The topological polar surface area (TPSA) is 125 Å². The third-order valence-electron chi connectivity index (χ3n) is 6.24. The van der Waals surface area contributed by atoms with Crippen LogP contribution in [-0.4, -0.2) is 57.4 Å². The molecule has 174 valence electrons. The Kier molecular flexibility index (Phi) is 7.16. The number of hydrogen-bond acceptors (Lipinski definition) is 6. The fourth-order valence-corrected chi connectivity index (χ4v) is 4.48. The van der Waals surface area contributed by atoms with E-state index in [1.807, 2.05) is 6.07 Å². The van der Waals surface area contributed by atoms with Crippen molar-refractivity contribution in [2.75, 3.05) is 25.0 Å². The molecule has 2 aliphatic rings. The Morgan fingerprint density at radius 2 is 2.18 bits per heavy atom. The number of aromatic nitrogens is 2. The van der Waals surface area contributed by atoms with Crippen molar-refractivity contribution in [3.8, 4) is 0 Å². The lowest BCUT2D eigenvalue weighted by Gasteiger charge is -2.21. The Balaban J connectivity index is 1.29. The number of hydrogen-bond donors (Lipinski definition) is 3. The monoisotopic (exact) mass is 451 g/mol. The maximum absolute atomic E-state index is 12.8. The predicted molar refractivity (Wildman–Crippen MR) is 121 cm³/mol. The molecule has 9 heteroatoms. The van der Waals surface area contributed by atoms with Crippen LogP contribution in [0.25, 0.3) is 0 Å². The number of carboxylic acids is 1. The van der Waals surface area contributed by atoms with E-state index in [0.717, 1.165) is 30.9 Å². The summed E-state index contributed by atoms with van der Waals surface area (Å²) in [6, 6.07) is 6.88. The Hall–Kier alpha value is -3.49. The van der Waals surface area contributed by atoms with E-state index in [-0.39, 0.29) is 30.7 Å². The molecule has 2 amide bonds. The number of fused-ring (bicyclic) bond motifs is 1. The highest BCUT2D eigenvalue weighted by Gasteiger charge is 2.33. The van der Waals surface area contributed by atoms with Crippen molar-refractivity contribution in [1.29, 1.82) is 0 Å². The molecule has 0 bridgehead atoms. The minimum atomic E-state index is -1.02. The summed E-state index contributed by atoms with van der Waals surface area (Å²) in [7, 11) is 0. The summed E-state index contributed by atoms with van der Waals surface area (Å²) < 4.78 is 0. The van der Waals surface area contributed by atoms with Gasteiger partial charge < -0.3 is 20.6 Å². The molecule has 0 aliphatic carbocycles. The highest BCUT2D eigenvalue weighted by Crippen LogP contribution is 2.25. The van der Waals surface area contributed by atoms with Crippen LogP contribution in [0, 0.1) is 5.92 Å². The van der Waals surface area contributed by atoms with Gasteiger partial charge in [0.15, 0.2) is 0 Å². The van der Waals surface area contributed by atoms with Gasteiger partial charge >= 0.3 is 5.97 Å². The van der Waals surface area contributed by atoms with E-state index in [1.165, 1.54) is 11.8 Å². The van der Waals surface area contributed by atoms with Gasteiger partial charge in [0.2, 0.25) is 11.8 Å². The number of amides is 2. The molecule has 2 atom stereocenters. The Labute approximate surface area is 192 Å². The molecule has 4 rings (SSSR count). The minimum absolute atomic E-state index is 0.0302. The van der Waals surface area contributed by atoms with Crippen LogP contribution in [0.4, 0.5) is 5.82 Å². The lowest BCUT2D eigenvalue weighted by atomic mass is 9.99. The molecule has 0 radical (unpaired) electrons. The quantitative estimate of drug-likeness (QED) is 0.532. The van der Waals surface area contributed by atoms with Crippen LogP contribution >= 0.6 is 0 Å². The Morgan fingerprint density at radius 3 is 2.97 bits per heavy atom. The molecule has 1 saturated heterocycles. The van der Waals surface area contributed by atoms with Gasteiger partial charge in [0.25, 0.3) is 0 Å². The maximum atomic E-state index is 12.8. The number of nitrogens with one attached hydrogen (secondary N) is 2. The number of rotatable bonds is 9. The van der Waals surface area contributed by atoms with Gasteiger partial charge in [0.1, 0.15) is 5.82 Å². The first kappa shape index (κ1) is 22.7. The van der Waals surface area contributed by atoms with Crippen molar-refractivity contribution in [3.05, 3.63) is 53.5 Å². The van der Waals surface area contributed by atoms with Crippen molar-refractivity contribution in [2.45, 2.75) is 44.6 Å². The van der Waals surface area contributed by atoms with Crippen LogP contribution in [0.1, 0.15) is 48.5 Å². The van der Waals surface area contributed by atoms with E-state index in [1.54, 1.807) is 23.2 Å². The summed E-state index contributed by atoms with van der Waals surface area (Å²) in [5.41, 5.74) is 2.83. The van der Waals surface area contributed by atoms with E-state index in [2.05, 4.69) is 21.7 Å². The van der Waals surface area contributed by atoms with Crippen molar-refractivity contribution < 1.29 is 19.5 Å². The van der Waals surface area contributed by atoms with Crippen LogP contribution in [0.15, 0.2) is 36.7 Å². The van der Waals surface area contributed by atoms with Crippen molar-refractivity contribution in [3.63, 3.8) is 0 Å². The molecule has 4 heterocycles. The third-order valence-corrected chi connectivity index (χ3v) is 6.24. The van der Waals surface area contributed by atoms with Crippen LogP contribution in [0.5, 0.6) is 0 Å². The van der Waals surface area contributed by atoms with Crippen LogP contribution in [0.2, 0.25) is 0 Å². The molecular weight excluding hydrogens is 422 g/mol. The summed E-state index contributed by atoms with van der Waals surface area (Å²) in [5.74, 6) is -0.595. The van der Waals surface area contributed by atoms with Crippen LogP contribution < -0.4 is 10.6 Å². The molecule has 9 nitrogen and oxygen atoms in total. The highest BCUT2D eigenvalue weighted by atomic mass is 16.4. The molecule has 0 unspecified atom stereocenters. The van der Waals surface area contributed by atoms with E-state index in [4.69, 9.17) is 4.98 Å². The lowest BCUT2D eigenvalue weighted by molar-refractivity contribution is -0.138. The van der Waals surface area contributed by atoms with E-state index in [9.17, 15) is 19.5 Å². The second-order valence-corrected chi connectivity index (χ2v) is 8.63. The maximum Gasteiger partial charge on any atom is 0.305 e. The molecule has 33 heavy (non-hydrogen) atoms. The zero-order chi connectivity index (χ0) is 23.2. The van der Waals surface area contributed by atoms with E-state index < -0.39 is 12.0 Å². The van der Waals surface area contributed by atoms with Gasteiger partial charge in [-0.15, -0.1) is 0 Å². The average Bonchev–Trinajstić information content (AvgIpc) is 3.16. The predicted octanol–water partition coefficient (Wildman–Crippen LogP) is 1.95. The molecule has 0 saturated carbocycles. The zero-order valence-corrected chi connectivity index (χ0v) is 18.5. The van der Waals surface area contributed by atoms with E-state index in [0.29, 0.717) is 31.4 Å². The lowest BCUT2D eigenvalue weighted by Crippen LogP contribution is -2.40. The zero-order valence-electron chi connectivity index (χ0n) is 18.5. The summed E-state index contributed by atoms with van der Waals surface area (Å²) in [4.78, 5) is 46.9. The molecule has 0 aromatic carbocycles. The SMILES string of the molecule is O=C(O)C[C@H](NC(=O)CN1CC[C@@H](CCc2ccc3c(n2)NCCC3)C1=O)c1cccnc1. The van der Waals surface area contributed by atoms with Gasteiger partial charge in [-0.3, -0.25) is 19.4 Å². The van der Waals surface area contributed by atoms with Crippen molar-refractivity contribution in [2.24, 2.45) is 5.92 Å². The summed E-state index contributed by atoms with van der Waals surface area (Å²) in [6.45, 7) is 1.38. The van der Waals surface area contributed by atoms with Crippen molar-refractivity contribution >= 4 is 23.6 Å². The fraction of sp³-hybridized carbons (Fsp3) is 0.458. The third kappa shape index (κ3) is 5.85. The minimum Gasteiger partial charge on any atom is -0.481 e. The first-order valence-electron chi connectivity index (χ1n) is 11.4. The molecule has 1 fully saturated rings. The standard InChI is InChI=1S/C24H29N5O4/c30-21(28-20(13-22(31)32)18-4-1-10-25-14-18)15-29-12-9-17(24(29)33)6-8-19-7-5-16-3-2-11-26-23(16)27-19/h1,4-5,7,10,14,17,20H,2-3,6,8-9,11-13,15H2,(H,26,27)(H,28,30)(H,31,32)/t17-,20+/m1/s1. The van der Waals surface area contributed by atoms with Gasteiger partial charge in [0, 0.05) is 37.1 Å². The fourth-order valence-electron chi connectivity index (χ4n) is 4.48. The number of pyridine rings is 2. The number of carbonyl (C=O) groups is 3. The second kappa shape index (κ2) is 10.4. The Bertz CT molecular complexity index is 1010. The van der Waals surface area contributed by atoms with Gasteiger partial charge in [-0.1, -0.05) is 12.1 Å². The number of aliphatic carboxylic acids is 1. The van der Waals surface area contributed by atoms with Crippen molar-refractivity contribution in [1.82, 2.24) is 20.2 Å². The molecule has 0 spiro atoms. The van der Waals surface area contributed by atoms with Crippen LogP contribution in [0.3, 0.4) is 0 Å². The highest BCUT2D eigenvalue weighted by molar-refractivity contribution is 5.87. The number of aryl methyl sites for hydroxylation is 2. The Morgan fingerprint density at radius 1 is 1.30 bits per heavy atom. The number of anilines is 1. The van der Waals surface area contributed by atoms with Gasteiger partial charge in [-0.2, -0.15) is 0 Å². The average molecular weight is 452 g/mol. The summed E-state index contributed by atoms with van der Waals surface area (Å²) in [6.07, 6.45) is 7.15. The normalized spacial score (nSPS) is 18.4. The molecule has 2 aromatic rings. The molecular formula is C24H29N5O4. The number of carbonyl (C=O) groups excluding carboxylic acids is 2. The number of nitrogens with zero attached hydrogens (tertiary/aromatic N) is 3. The second-order valence-electron chi connectivity index (χ2n) is 8.63. The molecule has 2 aromatic heterocycles. The number of likely N-dealkylation sites (tertiary alicyclic amines) is 1.